The minimum atomic E-state index is -0.634. The van der Waals surface area contributed by atoms with Crippen LogP contribution in [0.2, 0.25) is 0 Å². The molecule has 4 heteroatoms. The predicted molar refractivity (Wildman–Crippen MR) is 45.3 cm³/mol. The lowest BCUT2D eigenvalue weighted by atomic mass is 10.0. The average molecular weight is 181 g/mol. The quantitative estimate of drug-likeness (QED) is 0.615. The molecule has 0 aromatic heterocycles. The van der Waals surface area contributed by atoms with Crippen LogP contribution >= 0.6 is 0 Å². The lowest BCUT2D eigenvalue weighted by Gasteiger charge is -2.17. The summed E-state index contributed by atoms with van der Waals surface area (Å²) in [4.78, 5) is 11.3. The second-order valence-corrected chi connectivity index (χ2v) is 2.87. The number of nitrogens with two attached hydrogens (primary N) is 1. The van der Waals surface area contributed by atoms with Gasteiger partial charge in [0, 0.05) is 6.42 Å². The number of fused-ring (bicyclic) bond motifs is 1. The van der Waals surface area contributed by atoms with Gasteiger partial charge in [-0.15, -0.1) is 0 Å². The van der Waals surface area contributed by atoms with Crippen molar-refractivity contribution in [2.24, 2.45) is 0 Å². The number of anilines is 1. The van der Waals surface area contributed by atoms with Gasteiger partial charge in [0.1, 0.15) is 0 Å². The summed E-state index contributed by atoms with van der Waals surface area (Å²) >= 11 is 0. The summed E-state index contributed by atoms with van der Waals surface area (Å²) < 4.78 is 18.3. The number of hydrogen-bond acceptors (Lipinski definition) is 3. The van der Waals surface area contributed by atoms with E-state index in [0.29, 0.717) is 6.42 Å². The van der Waals surface area contributed by atoms with Gasteiger partial charge in [0.15, 0.2) is 17.3 Å². The van der Waals surface area contributed by atoms with Gasteiger partial charge in [-0.1, -0.05) is 0 Å². The van der Waals surface area contributed by atoms with Crippen molar-refractivity contribution in [3.63, 3.8) is 0 Å². The second kappa shape index (κ2) is 2.73. The summed E-state index contributed by atoms with van der Waals surface area (Å²) in [5.41, 5.74) is 5.62. The van der Waals surface area contributed by atoms with Crippen LogP contribution in [0.4, 0.5) is 10.1 Å². The van der Waals surface area contributed by atoms with Crippen LogP contribution in [0.1, 0.15) is 16.8 Å². The molecule has 1 aromatic rings. The van der Waals surface area contributed by atoms with Crippen LogP contribution in [0.15, 0.2) is 12.1 Å². The Hall–Kier alpha value is -1.58. The number of rotatable bonds is 0. The number of Topliss-reactive ketones (excluding diaryl/α,β-unsaturated/α-hetero) is 1. The van der Waals surface area contributed by atoms with Gasteiger partial charge in [0.25, 0.3) is 0 Å². The number of carbonyl (C=O) groups is 1. The first-order valence-corrected chi connectivity index (χ1v) is 3.94. The molecule has 0 aliphatic carbocycles. The summed E-state index contributed by atoms with van der Waals surface area (Å²) in [5, 5.41) is 0. The molecule has 0 atom stereocenters. The molecule has 1 aliphatic heterocycles. The Balaban J connectivity index is 2.63. The monoisotopic (exact) mass is 181 g/mol. The van der Waals surface area contributed by atoms with Gasteiger partial charge < -0.3 is 10.5 Å². The molecule has 3 nitrogen and oxygen atoms in total. The van der Waals surface area contributed by atoms with E-state index in [4.69, 9.17) is 10.5 Å². The lowest BCUT2D eigenvalue weighted by Crippen LogP contribution is -2.17. The maximum absolute atomic E-state index is 13.3. The molecule has 0 saturated heterocycles. The molecule has 0 spiro atoms. The van der Waals surface area contributed by atoms with E-state index in [1.54, 1.807) is 0 Å². The smallest absolute Gasteiger partial charge is 0.188 e. The molecule has 68 valence electrons. The highest BCUT2D eigenvalue weighted by atomic mass is 19.1. The summed E-state index contributed by atoms with van der Waals surface area (Å²) in [6.45, 7) is 0.228. The third-order valence-electron chi connectivity index (χ3n) is 2.00. The standard InChI is InChI=1S/C9H8FNO2/c10-8-6(11)2-1-5-7(12)3-4-13-9(5)8/h1-2H,3-4,11H2. The van der Waals surface area contributed by atoms with Crippen molar-refractivity contribution in [3.05, 3.63) is 23.5 Å². The number of hydrogen-bond donors (Lipinski definition) is 1. The predicted octanol–water partition coefficient (Wildman–Crippen LogP) is 1.37. The number of carbonyl (C=O) groups excluding carboxylic acids is 1. The highest BCUT2D eigenvalue weighted by Crippen LogP contribution is 2.30. The van der Waals surface area contributed by atoms with Crippen molar-refractivity contribution in [2.75, 3.05) is 12.3 Å². The number of benzene rings is 1. The molecule has 2 N–H and O–H groups in total. The summed E-state index contributed by atoms with van der Waals surface area (Å²) in [6, 6.07) is 2.87. The molecule has 0 radical (unpaired) electrons. The average Bonchev–Trinajstić information content (AvgIpc) is 2.12. The zero-order chi connectivity index (χ0) is 9.42. The zero-order valence-electron chi connectivity index (χ0n) is 6.84. The molecule has 0 fully saturated rings. The fourth-order valence-electron chi connectivity index (χ4n) is 1.31. The van der Waals surface area contributed by atoms with Crippen LogP contribution in [-0.2, 0) is 0 Å². The molecule has 0 bridgehead atoms. The van der Waals surface area contributed by atoms with Crippen LogP contribution in [-0.4, -0.2) is 12.4 Å². The van der Waals surface area contributed by atoms with Gasteiger partial charge in [-0.2, -0.15) is 0 Å². The topological polar surface area (TPSA) is 52.3 Å². The number of nitrogen functional groups attached to an aromatic ring is 1. The molecule has 1 heterocycles. The van der Waals surface area contributed by atoms with Crippen LogP contribution in [0, 0.1) is 5.82 Å². The summed E-state index contributed by atoms with van der Waals surface area (Å²) in [5.74, 6) is -0.734. The summed E-state index contributed by atoms with van der Waals surface area (Å²) in [6.07, 6.45) is 0.302. The van der Waals surface area contributed by atoms with Crippen molar-refractivity contribution in [1.82, 2.24) is 0 Å². The van der Waals surface area contributed by atoms with E-state index in [-0.39, 0.29) is 29.4 Å². The van der Waals surface area contributed by atoms with E-state index >= 15 is 0 Å². The Morgan fingerprint density at radius 1 is 1.46 bits per heavy atom. The summed E-state index contributed by atoms with van der Waals surface area (Å²) in [7, 11) is 0. The molecule has 2 rings (SSSR count). The minimum absolute atomic E-state index is 0.00347. The van der Waals surface area contributed by atoms with E-state index in [1.807, 2.05) is 0 Å². The fraction of sp³-hybridized carbons (Fsp3) is 0.222. The molecule has 0 unspecified atom stereocenters. The highest BCUT2D eigenvalue weighted by Gasteiger charge is 2.22. The van der Waals surface area contributed by atoms with E-state index in [0.717, 1.165) is 0 Å². The molecule has 0 amide bonds. The second-order valence-electron chi connectivity index (χ2n) is 2.87. The SMILES string of the molecule is Nc1ccc2c(c1F)OCCC2=O. The van der Waals surface area contributed by atoms with E-state index in [2.05, 4.69) is 0 Å². The Labute approximate surface area is 74.3 Å². The first-order valence-electron chi connectivity index (χ1n) is 3.94. The molecule has 0 saturated carbocycles. The molecule has 1 aromatic carbocycles. The van der Waals surface area contributed by atoms with Crippen molar-refractivity contribution >= 4 is 11.5 Å². The van der Waals surface area contributed by atoms with Crippen LogP contribution in [0.5, 0.6) is 5.75 Å². The number of halogens is 1. The maximum atomic E-state index is 13.3. The van der Waals surface area contributed by atoms with E-state index < -0.39 is 5.82 Å². The van der Waals surface area contributed by atoms with Crippen LogP contribution < -0.4 is 10.5 Å². The third-order valence-corrected chi connectivity index (χ3v) is 2.00. The van der Waals surface area contributed by atoms with Gasteiger partial charge in [0.05, 0.1) is 17.9 Å². The largest absolute Gasteiger partial charge is 0.489 e. The van der Waals surface area contributed by atoms with Gasteiger partial charge in [-0.25, -0.2) is 4.39 Å². The maximum Gasteiger partial charge on any atom is 0.188 e. The third kappa shape index (κ3) is 1.14. The first kappa shape index (κ1) is 8.04. The van der Waals surface area contributed by atoms with Gasteiger partial charge in [0.2, 0.25) is 0 Å². The van der Waals surface area contributed by atoms with Crippen molar-refractivity contribution < 1.29 is 13.9 Å². The first-order chi connectivity index (χ1) is 6.20. The Bertz CT molecular complexity index is 376. The molecule has 1 aliphatic rings. The van der Waals surface area contributed by atoms with E-state index in [1.165, 1.54) is 12.1 Å². The highest BCUT2D eigenvalue weighted by molar-refractivity contribution is 6.00. The van der Waals surface area contributed by atoms with E-state index in [9.17, 15) is 9.18 Å². The van der Waals surface area contributed by atoms with Gasteiger partial charge in [-0.3, -0.25) is 4.79 Å². The fourth-order valence-corrected chi connectivity index (χ4v) is 1.31. The normalized spacial score (nSPS) is 15.0. The van der Waals surface area contributed by atoms with Crippen LogP contribution in [0.25, 0.3) is 0 Å². The zero-order valence-corrected chi connectivity index (χ0v) is 6.84. The molecular weight excluding hydrogens is 173 g/mol. The Kier molecular flexibility index (Phi) is 1.69. The van der Waals surface area contributed by atoms with Gasteiger partial charge >= 0.3 is 0 Å². The molecular formula is C9H8FNO2. The Morgan fingerprint density at radius 2 is 2.23 bits per heavy atom. The van der Waals surface area contributed by atoms with Crippen molar-refractivity contribution in [1.29, 1.82) is 0 Å². The van der Waals surface area contributed by atoms with Gasteiger partial charge in [-0.05, 0) is 12.1 Å². The Morgan fingerprint density at radius 3 is 3.00 bits per heavy atom. The minimum Gasteiger partial charge on any atom is -0.489 e. The van der Waals surface area contributed by atoms with Crippen molar-refractivity contribution in [2.45, 2.75) is 6.42 Å². The lowest BCUT2D eigenvalue weighted by molar-refractivity contribution is 0.0929. The van der Waals surface area contributed by atoms with Crippen molar-refractivity contribution in [3.8, 4) is 5.75 Å². The molecule has 13 heavy (non-hydrogen) atoms. The number of ether oxygens (including phenoxy) is 1. The number of ketones is 1. The van der Waals surface area contributed by atoms with Crippen LogP contribution in [0.3, 0.4) is 0 Å².